The maximum Gasteiger partial charge on any atom is 0.304 e. The fourth-order valence-electron chi connectivity index (χ4n) is 2.99. The molecule has 2 heterocycles. The summed E-state index contributed by atoms with van der Waals surface area (Å²) >= 11 is 0. The summed E-state index contributed by atoms with van der Waals surface area (Å²) in [6.45, 7) is 1.67. The molecule has 4 heteroatoms. The Morgan fingerprint density at radius 1 is 1.29 bits per heavy atom. The van der Waals surface area contributed by atoms with Gasteiger partial charge in [0.1, 0.15) is 0 Å². The molecular formula is C17H18N2O2. The molecule has 0 saturated heterocycles. The Morgan fingerprint density at radius 2 is 2.14 bits per heavy atom. The molecule has 0 amide bonds. The minimum atomic E-state index is -0.732. The van der Waals surface area contributed by atoms with Crippen molar-refractivity contribution in [3.63, 3.8) is 0 Å². The Labute approximate surface area is 124 Å². The van der Waals surface area contributed by atoms with Crippen molar-refractivity contribution >= 4 is 11.7 Å². The molecule has 0 radical (unpaired) electrons. The smallest absolute Gasteiger partial charge is 0.304 e. The first-order valence-electron chi connectivity index (χ1n) is 7.18. The van der Waals surface area contributed by atoms with Crippen LogP contribution in [0.5, 0.6) is 0 Å². The van der Waals surface area contributed by atoms with Crippen molar-refractivity contribution in [2.24, 2.45) is 0 Å². The molecule has 0 bridgehead atoms. The average Bonchev–Trinajstić information content (AvgIpc) is 2.84. The summed E-state index contributed by atoms with van der Waals surface area (Å²) in [7, 11) is 0. The van der Waals surface area contributed by atoms with E-state index in [1.807, 2.05) is 30.5 Å². The second-order valence-electron chi connectivity index (χ2n) is 5.41. The first-order chi connectivity index (χ1) is 10.2. The van der Waals surface area contributed by atoms with Crippen LogP contribution in [-0.4, -0.2) is 29.1 Å². The van der Waals surface area contributed by atoms with E-state index < -0.39 is 5.97 Å². The van der Waals surface area contributed by atoms with E-state index in [9.17, 15) is 4.79 Å². The first-order valence-corrected chi connectivity index (χ1v) is 7.18. The van der Waals surface area contributed by atoms with Crippen LogP contribution in [0.25, 0.3) is 0 Å². The van der Waals surface area contributed by atoms with Gasteiger partial charge in [0, 0.05) is 37.1 Å². The molecule has 1 aliphatic heterocycles. The SMILES string of the molecule is O=C(O)CC1CN(CCc2cccnc2)c2ccccc21. The molecule has 1 atom stereocenters. The third kappa shape index (κ3) is 3.05. The first kappa shape index (κ1) is 13.6. The van der Waals surface area contributed by atoms with Crippen molar-refractivity contribution in [2.45, 2.75) is 18.8 Å². The van der Waals surface area contributed by atoms with Crippen molar-refractivity contribution in [3.8, 4) is 0 Å². The topological polar surface area (TPSA) is 53.4 Å². The molecule has 21 heavy (non-hydrogen) atoms. The molecule has 1 aliphatic rings. The zero-order valence-corrected chi connectivity index (χ0v) is 11.8. The molecule has 108 valence electrons. The van der Waals surface area contributed by atoms with Crippen LogP contribution in [0.3, 0.4) is 0 Å². The van der Waals surface area contributed by atoms with E-state index in [-0.39, 0.29) is 12.3 Å². The van der Waals surface area contributed by atoms with Crippen LogP contribution in [0.2, 0.25) is 0 Å². The zero-order chi connectivity index (χ0) is 14.7. The number of carbonyl (C=O) groups is 1. The maximum absolute atomic E-state index is 11.0. The van der Waals surface area contributed by atoms with E-state index in [0.29, 0.717) is 0 Å². The number of hydrogen-bond donors (Lipinski definition) is 1. The lowest BCUT2D eigenvalue weighted by atomic mass is 9.98. The fourth-order valence-corrected chi connectivity index (χ4v) is 2.99. The number of aliphatic carboxylic acids is 1. The molecule has 1 N–H and O–H groups in total. The summed E-state index contributed by atoms with van der Waals surface area (Å²) in [6, 6.07) is 12.1. The lowest BCUT2D eigenvalue weighted by Gasteiger charge is -2.19. The third-order valence-electron chi connectivity index (χ3n) is 3.97. The summed E-state index contributed by atoms with van der Waals surface area (Å²) in [5.41, 5.74) is 3.54. The van der Waals surface area contributed by atoms with Crippen LogP contribution in [0.4, 0.5) is 5.69 Å². The monoisotopic (exact) mass is 282 g/mol. The Kier molecular flexibility index (Phi) is 3.86. The highest BCUT2D eigenvalue weighted by atomic mass is 16.4. The van der Waals surface area contributed by atoms with Gasteiger partial charge in [-0.3, -0.25) is 9.78 Å². The molecule has 3 rings (SSSR count). The number of aromatic nitrogens is 1. The summed E-state index contributed by atoms with van der Waals surface area (Å²) in [5, 5.41) is 9.07. The van der Waals surface area contributed by atoms with Crippen molar-refractivity contribution < 1.29 is 9.90 Å². The average molecular weight is 282 g/mol. The quantitative estimate of drug-likeness (QED) is 0.916. The normalized spacial score (nSPS) is 16.8. The fraction of sp³-hybridized carbons (Fsp3) is 0.294. The summed E-state index contributed by atoms with van der Waals surface area (Å²) in [5.74, 6) is -0.642. The van der Waals surface area contributed by atoms with Gasteiger partial charge >= 0.3 is 5.97 Å². The van der Waals surface area contributed by atoms with Crippen LogP contribution in [-0.2, 0) is 11.2 Å². The van der Waals surface area contributed by atoms with E-state index in [2.05, 4.69) is 22.0 Å². The number of pyridine rings is 1. The zero-order valence-electron chi connectivity index (χ0n) is 11.8. The van der Waals surface area contributed by atoms with Gasteiger partial charge < -0.3 is 10.0 Å². The number of anilines is 1. The number of fused-ring (bicyclic) bond motifs is 1. The molecule has 1 aromatic heterocycles. The third-order valence-corrected chi connectivity index (χ3v) is 3.97. The van der Waals surface area contributed by atoms with Gasteiger partial charge in [-0.05, 0) is 29.7 Å². The number of rotatable bonds is 5. The van der Waals surface area contributed by atoms with E-state index in [1.165, 1.54) is 11.3 Å². The number of nitrogens with zero attached hydrogens (tertiary/aromatic N) is 2. The molecule has 1 unspecified atom stereocenters. The van der Waals surface area contributed by atoms with Crippen LogP contribution in [0.1, 0.15) is 23.5 Å². The van der Waals surface area contributed by atoms with Gasteiger partial charge in [0.25, 0.3) is 0 Å². The Morgan fingerprint density at radius 3 is 2.90 bits per heavy atom. The van der Waals surface area contributed by atoms with Gasteiger partial charge in [-0.15, -0.1) is 0 Å². The lowest BCUT2D eigenvalue weighted by molar-refractivity contribution is -0.137. The van der Waals surface area contributed by atoms with Crippen molar-refractivity contribution in [1.29, 1.82) is 0 Å². The summed E-state index contributed by atoms with van der Waals surface area (Å²) < 4.78 is 0. The van der Waals surface area contributed by atoms with E-state index in [0.717, 1.165) is 25.1 Å². The highest BCUT2D eigenvalue weighted by molar-refractivity contribution is 5.71. The second-order valence-corrected chi connectivity index (χ2v) is 5.41. The van der Waals surface area contributed by atoms with Gasteiger partial charge in [-0.1, -0.05) is 24.3 Å². The maximum atomic E-state index is 11.0. The predicted molar refractivity (Wildman–Crippen MR) is 81.6 cm³/mol. The van der Waals surface area contributed by atoms with Gasteiger partial charge in [-0.2, -0.15) is 0 Å². The Hall–Kier alpha value is -2.36. The van der Waals surface area contributed by atoms with Crippen LogP contribution in [0.15, 0.2) is 48.8 Å². The number of hydrogen-bond acceptors (Lipinski definition) is 3. The number of para-hydroxylation sites is 1. The summed E-state index contributed by atoms with van der Waals surface area (Å²) in [6.07, 6.45) is 4.77. The van der Waals surface area contributed by atoms with Gasteiger partial charge in [-0.25, -0.2) is 0 Å². The molecule has 0 spiro atoms. The molecule has 4 nitrogen and oxygen atoms in total. The Bertz CT molecular complexity index is 628. The van der Waals surface area contributed by atoms with Crippen LogP contribution in [0, 0.1) is 0 Å². The van der Waals surface area contributed by atoms with E-state index in [1.54, 1.807) is 6.20 Å². The highest BCUT2D eigenvalue weighted by Crippen LogP contribution is 2.37. The second kappa shape index (κ2) is 5.95. The van der Waals surface area contributed by atoms with Crippen molar-refractivity contribution in [1.82, 2.24) is 4.98 Å². The largest absolute Gasteiger partial charge is 0.481 e. The van der Waals surface area contributed by atoms with Gasteiger partial charge in [0.2, 0.25) is 0 Å². The van der Waals surface area contributed by atoms with Crippen molar-refractivity contribution in [2.75, 3.05) is 18.0 Å². The number of carboxylic acids is 1. The molecule has 0 saturated carbocycles. The number of benzene rings is 1. The van der Waals surface area contributed by atoms with Crippen LogP contribution < -0.4 is 4.90 Å². The molecule has 0 aliphatic carbocycles. The predicted octanol–water partition coefficient (Wildman–Crippen LogP) is 2.70. The molecule has 0 fully saturated rings. The molecule has 2 aromatic rings. The van der Waals surface area contributed by atoms with E-state index in [4.69, 9.17) is 5.11 Å². The molecular weight excluding hydrogens is 264 g/mol. The number of carboxylic acid groups (broad SMARTS) is 1. The standard InChI is InChI=1S/C17H18N2O2/c20-17(21)10-14-12-19(16-6-2-1-5-15(14)16)9-7-13-4-3-8-18-11-13/h1-6,8,11,14H,7,9-10,12H2,(H,20,21). The summed E-state index contributed by atoms with van der Waals surface area (Å²) in [4.78, 5) is 17.4. The van der Waals surface area contributed by atoms with Gasteiger partial charge in [0.15, 0.2) is 0 Å². The Balaban J connectivity index is 1.73. The minimum Gasteiger partial charge on any atom is -0.481 e. The van der Waals surface area contributed by atoms with Crippen molar-refractivity contribution in [3.05, 3.63) is 59.9 Å². The lowest BCUT2D eigenvalue weighted by Crippen LogP contribution is -2.25. The molecule has 1 aromatic carbocycles. The van der Waals surface area contributed by atoms with Crippen LogP contribution >= 0.6 is 0 Å². The van der Waals surface area contributed by atoms with Gasteiger partial charge in [0.05, 0.1) is 6.42 Å². The minimum absolute atomic E-state index is 0.0904. The highest BCUT2D eigenvalue weighted by Gasteiger charge is 2.29. The van der Waals surface area contributed by atoms with E-state index >= 15 is 0 Å².